The highest BCUT2D eigenvalue weighted by Gasteiger charge is 2.50. The van der Waals surface area contributed by atoms with Crippen molar-refractivity contribution in [1.82, 2.24) is 29.9 Å². The molecule has 4 aromatic heterocycles. The number of hydrogen-bond acceptors (Lipinski definition) is 6. The second kappa shape index (κ2) is 12.3. The molecular weight excluding hydrogens is 673 g/mol. The zero-order valence-corrected chi connectivity index (χ0v) is 29.5. The van der Waals surface area contributed by atoms with Gasteiger partial charge in [-0.05, 0) is 103 Å². The van der Waals surface area contributed by atoms with Crippen molar-refractivity contribution in [2.24, 2.45) is 0 Å². The van der Waals surface area contributed by atoms with Crippen LogP contribution in [0, 0.1) is 0 Å². The van der Waals surface area contributed by atoms with E-state index in [-0.39, 0.29) is 0 Å². The maximum absolute atomic E-state index is 4.92. The number of pyridine rings is 2. The SMILES string of the molecule is c1ccc2c(c1)-c1ccc(-c3ncc(-c4ccncc4)cn3)cc1C1(c3cc(-c4ncc(-c5ccncc5)cn4)ccc3-2)c2ccccc2-c2ccccc21. The van der Waals surface area contributed by atoms with E-state index in [0.29, 0.717) is 11.6 Å². The predicted octanol–water partition coefficient (Wildman–Crippen LogP) is 10.7. The van der Waals surface area contributed by atoms with E-state index in [1.165, 1.54) is 55.6 Å². The number of nitrogens with zero attached hydrogens (tertiary/aromatic N) is 6. The molecule has 55 heavy (non-hydrogen) atoms. The first kappa shape index (κ1) is 31.1. The molecule has 0 fully saturated rings. The minimum atomic E-state index is -0.684. The molecule has 6 heteroatoms. The van der Waals surface area contributed by atoms with Gasteiger partial charge in [0.15, 0.2) is 11.6 Å². The van der Waals surface area contributed by atoms with Crippen LogP contribution in [0.3, 0.4) is 0 Å². The van der Waals surface area contributed by atoms with Gasteiger partial charge >= 0.3 is 0 Å². The number of benzene rings is 5. The molecule has 4 heterocycles. The van der Waals surface area contributed by atoms with Crippen LogP contribution >= 0.6 is 0 Å². The van der Waals surface area contributed by atoms with Crippen LogP contribution in [0.2, 0.25) is 0 Å². The van der Waals surface area contributed by atoms with Crippen LogP contribution in [-0.2, 0) is 5.41 Å². The Balaban J connectivity index is 1.19. The van der Waals surface area contributed by atoms with Gasteiger partial charge < -0.3 is 0 Å². The summed E-state index contributed by atoms with van der Waals surface area (Å²) in [6.07, 6.45) is 14.8. The highest BCUT2D eigenvalue weighted by molar-refractivity contribution is 5.98. The topological polar surface area (TPSA) is 77.3 Å². The van der Waals surface area contributed by atoms with Crippen LogP contribution in [0.4, 0.5) is 0 Å². The number of hydrogen-bond donors (Lipinski definition) is 0. The Labute approximate surface area is 318 Å². The third-order valence-electron chi connectivity index (χ3n) is 11.2. The van der Waals surface area contributed by atoms with Gasteiger partial charge in [0.2, 0.25) is 0 Å². The number of aromatic nitrogens is 6. The molecule has 0 amide bonds. The number of rotatable bonds is 4. The molecule has 0 unspecified atom stereocenters. The monoisotopic (exact) mass is 702 g/mol. The molecule has 0 saturated heterocycles. The zero-order chi connectivity index (χ0) is 36.3. The first-order valence-corrected chi connectivity index (χ1v) is 18.3. The summed E-state index contributed by atoms with van der Waals surface area (Å²) in [5.41, 5.74) is 17.2. The Morgan fingerprint density at radius 2 is 0.655 bits per heavy atom. The van der Waals surface area contributed by atoms with Crippen LogP contribution in [0.1, 0.15) is 22.3 Å². The molecule has 2 aliphatic rings. The van der Waals surface area contributed by atoms with Crippen molar-refractivity contribution in [2.75, 3.05) is 0 Å². The van der Waals surface area contributed by atoms with Gasteiger partial charge in [-0.25, -0.2) is 19.9 Å². The second-order valence-electron chi connectivity index (χ2n) is 14.0. The molecule has 0 bridgehead atoms. The van der Waals surface area contributed by atoms with Crippen molar-refractivity contribution < 1.29 is 0 Å². The maximum atomic E-state index is 4.92. The van der Waals surface area contributed by atoms with Gasteiger partial charge in [-0.3, -0.25) is 9.97 Å². The number of fused-ring (bicyclic) bond motifs is 12. The Morgan fingerprint density at radius 3 is 1.07 bits per heavy atom. The quantitative estimate of drug-likeness (QED) is 0.182. The fraction of sp³-hybridized carbons (Fsp3) is 0.0204. The summed E-state index contributed by atoms with van der Waals surface area (Å²) >= 11 is 0. The Morgan fingerprint density at radius 1 is 0.291 bits per heavy atom. The Hall–Kier alpha value is -7.44. The lowest BCUT2D eigenvalue weighted by Gasteiger charge is -2.36. The van der Waals surface area contributed by atoms with Crippen molar-refractivity contribution in [2.45, 2.75) is 5.41 Å². The van der Waals surface area contributed by atoms with Crippen molar-refractivity contribution in [3.8, 4) is 78.4 Å². The van der Waals surface area contributed by atoms with E-state index in [1.54, 1.807) is 24.8 Å². The van der Waals surface area contributed by atoms with E-state index >= 15 is 0 Å². The molecule has 0 radical (unpaired) electrons. The van der Waals surface area contributed by atoms with Crippen molar-refractivity contribution in [3.05, 3.63) is 205 Å². The summed E-state index contributed by atoms with van der Waals surface area (Å²) < 4.78 is 0. The largest absolute Gasteiger partial charge is 0.265 e. The van der Waals surface area contributed by atoms with Gasteiger partial charge in [-0.2, -0.15) is 0 Å². The van der Waals surface area contributed by atoms with E-state index in [9.17, 15) is 0 Å². The summed E-state index contributed by atoms with van der Waals surface area (Å²) in [4.78, 5) is 28.0. The fourth-order valence-corrected chi connectivity index (χ4v) is 8.71. The summed E-state index contributed by atoms with van der Waals surface area (Å²) in [6.45, 7) is 0. The molecule has 0 saturated carbocycles. The Kier molecular flexibility index (Phi) is 6.97. The molecule has 11 rings (SSSR count). The van der Waals surface area contributed by atoms with Crippen LogP contribution < -0.4 is 0 Å². The molecule has 256 valence electrons. The van der Waals surface area contributed by atoms with E-state index in [2.05, 4.69) is 119 Å². The first-order valence-electron chi connectivity index (χ1n) is 18.3. The van der Waals surface area contributed by atoms with Crippen LogP contribution in [0.25, 0.3) is 78.4 Å². The zero-order valence-electron chi connectivity index (χ0n) is 29.5. The minimum Gasteiger partial charge on any atom is -0.265 e. The van der Waals surface area contributed by atoms with E-state index < -0.39 is 5.41 Å². The summed E-state index contributed by atoms with van der Waals surface area (Å²) in [5.74, 6) is 1.34. The predicted molar refractivity (Wildman–Crippen MR) is 217 cm³/mol. The summed E-state index contributed by atoms with van der Waals surface area (Å²) in [6, 6.07) is 47.9. The molecule has 2 aliphatic carbocycles. The lowest BCUT2D eigenvalue weighted by Crippen LogP contribution is -2.29. The third kappa shape index (κ3) is 4.75. The van der Waals surface area contributed by atoms with Gasteiger partial charge in [0.25, 0.3) is 0 Å². The van der Waals surface area contributed by atoms with Crippen LogP contribution in [0.5, 0.6) is 0 Å². The molecule has 0 atom stereocenters. The summed E-state index contributed by atoms with van der Waals surface area (Å²) in [5, 5.41) is 0. The smallest absolute Gasteiger partial charge is 0.159 e. The maximum Gasteiger partial charge on any atom is 0.159 e. The van der Waals surface area contributed by atoms with Gasteiger partial charge in [-0.15, -0.1) is 0 Å². The minimum absolute atomic E-state index is 0.671. The van der Waals surface area contributed by atoms with Crippen LogP contribution in [-0.4, -0.2) is 29.9 Å². The molecule has 0 aliphatic heterocycles. The van der Waals surface area contributed by atoms with Crippen molar-refractivity contribution in [3.63, 3.8) is 0 Å². The summed E-state index contributed by atoms with van der Waals surface area (Å²) in [7, 11) is 0. The van der Waals surface area contributed by atoms with Crippen molar-refractivity contribution >= 4 is 0 Å². The highest BCUT2D eigenvalue weighted by Crippen LogP contribution is 2.62. The molecular formula is C49H30N6. The molecule has 0 N–H and O–H groups in total. The molecule has 6 nitrogen and oxygen atoms in total. The lowest BCUT2D eigenvalue weighted by molar-refractivity contribution is 0.775. The first-order chi connectivity index (χ1) is 27.3. The third-order valence-corrected chi connectivity index (χ3v) is 11.2. The molecule has 5 aromatic carbocycles. The van der Waals surface area contributed by atoms with Gasteiger partial charge in [0.1, 0.15) is 0 Å². The van der Waals surface area contributed by atoms with Gasteiger partial charge in [0, 0.05) is 71.8 Å². The van der Waals surface area contributed by atoms with Gasteiger partial charge in [0.05, 0.1) is 5.41 Å². The van der Waals surface area contributed by atoms with Crippen molar-refractivity contribution in [1.29, 1.82) is 0 Å². The van der Waals surface area contributed by atoms with Crippen LogP contribution in [0.15, 0.2) is 183 Å². The molecule has 1 spiro atoms. The lowest BCUT2D eigenvalue weighted by atomic mass is 9.65. The van der Waals surface area contributed by atoms with E-state index in [4.69, 9.17) is 19.9 Å². The standard InChI is InChI=1S/C49H30N6/c1-2-8-38-37(7-1)41-15-13-33(47-52-27-35(28-53-47)31-17-21-50-22-18-31)25-45(41)49(43-11-5-3-9-39(43)40-10-4-6-12-44(40)49)46-26-34(14-16-42(38)46)48-54-29-36(30-55-48)32-19-23-51-24-20-32/h1-30H. The molecule has 9 aromatic rings. The van der Waals surface area contributed by atoms with E-state index in [1.807, 2.05) is 49.1 Å². The van der Waals surface area contributed by atoms with E-state index in [0.717, 1.165) is 33.4 Å². The average molecular weight is 703 g/mol. The normalized spacial score (nSPS) is 12.9. The fourth-order valence-electron chi connectivity index (χ4n) is 8.71. The Bertz CT molecular complexity index is 2710. The van der Waals surface area contributed by atoms with Gasteiger partial charge in [-0.1, -0.05) is 97.1 Å². The highest BCUT2D eigenvalue weighted by atomic mass is 14.9. The average Bonchev–Trinajstić information content (AvgIpc) is 3.52. The second-order valence-corrected chi connectivity index (χ2v) is 14.0.